The third kappa shape index (κ3) is 3.67. The summed E-state index contributed by atoms with van der Waals surface area (Å²) >= 11 is 0. The predicted molar refractivity (Wildman–Crippen MR) is 56.2 cm³/mol. The van der Waals surface area contributed by atoms with E-state index in [1.807, 2.05) is 0 Å². The molecule has 4 heteroatoms. The number of hydrogen-bond acceptors (Lipinski definition) is 4. The van der Waals surface area contributed by atoms with Gasteiger partial charge in [-0.3, -0.25) is 4.79 Å². The van der Waals surface area contributed by atoms with Crippen molar-refractivity contribution in [2.45, 2.75) is 13.3 Å². The summed E-state index contributed by atoms with van der Waals surface area (Å²) in [6, 6.07) is 3.43. The molecule has 82 valence electrons. The summed E-state index contributed by atoms with van der Waals surface area (Å²) in [5, 5.41) is 0. The van der Waals surface area contributed by atoms with Crippen LogP contribution in [-0.4, -0.2) is 31.1 Å². The van der Waals surface area contributed by atoms with Crippen molar-refractivity contribution in [2.24, 2.45) is 0 Å². The number of methoxy groups -OCH3 is 1. The molecule has 0 aliphatic carbocycles. The lowest BCUT2D eigenvalue weighted by Gasteiger charge is -2.07. The molecule has 0 unspecified atom stereocenters. The minimum atomic E-state index is -0.0372. The van der Waals surface area contributed by atoms with E-state index in [1.165, 1.54) is 6.92 Å². The van der Waals surface area contributed by atoms with Crippen LogP contribution in [0.5, 0.6) is 5.88 Å². The fraction of sp³-hybridized carbons (Fsp3) is 0.455. The molecule has 0 N–H and O–H groups in total. The summed E-state index contributed by atoms with van der Waals surface area (Å²) in [6.07, 6.45) is 2.39. The van der Waals surface area contributed by atoms with Crippen LogP contribution in [0.3, 0.4) is 0 Å². The van der Waals surface area contributed by atoms with Gasteiger partial charge in [0.2, 0.25) is 5.88 Å². The molecule has 0 bridgehead atoms. The zero-order valence-electron chi connectivity index (χ0n) is 9.03. The first-order chi connectivity index (χ1) is 7.25. The molecule has 1 aromatic rings. The van der Waals surface area contributed by atoms with Gasteiger partial charge in [0, 0.05) is 26.3 Å². The van der Waals surface area contributed by atoms with Gasteiger partial charge in [0.05, 0.1) is 12.2 Å². The van der Waals surface area contributed by atoms with Gasteiger partial charge in [-0.25, -0.2) is 4.98 Å². The Kier molecular flexibility index (Phi) is 4.77. The fourth-order valence-corrected chi connectivity index (χ4v) is 1.15. The number of aromatic nitrogens is 1. The molecule has 0 atom stereocenters. The van der Waals surface area contributed by atoms with Crippen LogP contribution in [0.2, 0.25) is 0 Å². The lowest BCUT2D eigenvalue weighted by molar-refractivity contribution is 0.101. The van der Waals surface area contributed by atoms with Crippen LogP contribution in [0.15, 0.2) is 18.3 Å². The normalized spacial score (nSPS) is 10.0. The third-order valence-corrected chi connectivity index (χ3v) is 1.88. The summed E-state index contributed by atoms with van der Waals surface area (Å²) in [5.41, 5.74) is 0.523. The van der Waals surface area contributed by atoms with Gasteiger partial charge in [-0.1, -0.05) is 0 Å². The Hall–Kier alpha value is -1.42. The monoisotopic (exact) mass is 209 g/mol. The van der Waals surface area contributed by atoms with Gasteiger partial charge >= 0.3 is 0 Å². The van der Waals surface area contributed by atoms with Crippen LogP contribution in [0, 0.1) is 0 Å². The number of ketones is 1. The molecular formula is C11H15NO3. The highest BCUT2D eigenvalue weighted by Gasteiger charge is 2.08. The van der Waals surface area contributed by atoms with Crippen LogP contribution in [0.1, 0.15) is 23.7 Å². The van der Waals surface area contributed by atoms with Gasteiger partial charge in [0.25, 0.3) is 0 Å². The molecule has 0 saturated heterocycles. The van der Waals surface area contributed by atoms with Crippen molar-refractivity contribution >= 4 is 5.78 Å². The average molecular weight is 209 g/mol. The topological polar surface area (TPSA) is 48.4 Å². The minimum Gasteiger partial charge on any atom is -0.477 e. The SMILES string of the molecule is COCCCOc1ncccc1C(C)=O. The van der Waals surface area contributed by atoms with Gasteiger partial charge in [0.1, 0.15) is 0 Å². The molecule has 0 fully saturated rings. The zero-order chi connectivity index (χ0) is 11.1. The average Bonchev–Trinajstić information content (AvgIpc) is 2.25. The molecule has 0 amide bonds. The molecule has 0 aliphatic heterocycles. The molecule has 1 aromatic heterocycles. The Bertz CT molecular complexity index is 325. The van der Waals surface area contributed by atoms with Crippen LogP contribution in [0.25, 0.3) is 0 Å². The molecular weight excluding hydrogens is 194 g/mol. The maximum absolute atomic E-state index is 11.2. The summed E-state index contributed by atoms with van der Waals surface area (Å²) < 4.78 is 10.3. The highest BCUT2D eigenvalue weighted by Crippen LogP contribution is 2.14. The Labute approximate surface area is 89.2 Å². The maximum atomic E-state index is 11.2. The van der Waals surface area contributed by atoms with Crippen molar-refractivity contribution in [1.29, 1.82) is 0 Å². The standard InChI is InChI=1S/C11H15NO3/c1-9(13)10-5-3-6-12-11(10)15-8-4-7-14-2/h3,5-6H,4,7-8H2,1-2H3. The van der Waals surface area contributed by atoms with Crippen molar-refractivity contribution in [2.75, 3.05) is 20.3 Å². The number of carbonyl (C=O) groups excluding carboxylic acids is 1. The van der Waals surface area contributed by atoms with E-state index in [-0.39, 0.29) is 5.78 Å². The minimum absolute atomic E-state index is 0.0372. The maximum Gasteiger partial charge on any atom is 0.224 e. The van der Waals surface area contributed by atoms with E-state index < -0.39 is 0 Å². The van der Waals surface area contributed by atoms with E-state index in [0.29, 0.717) is 24.7 Å². The second-order valence-electron chi connectivity index (χ2n) is 3.11. The first-order valence-corrected chi connectivity index (χ1v) is 4.83. The van der Waals surface area contributed by atoms with Gasteiger partial charge in [-0.15, -0.1) is 0 Å². The molecule has 1 rings (SSSR count). The van der Waals surface area contributed by atoms with Crippen LogP contribution in [0.4, 0.5) is 0 Å². The molecule has 0 spiro atoms. The number of nitrogens with zero attached hydrogens (tertiary/aromatic N) is 1. The quantitative estimate of drug-likeness (QED) is 0.528. The second-order valence-corrected chi connectivity index (χ2v) is 3.11. The van der Waals surface area contributed by atoms with Gasteiger partial charge < -0.3 is 9.47 Å². The van der Waals surface area contributed by atoms with Crippen molar-refractivity contribution in [3.8, 4) is 5.88 Å². The summed E-state index contributed by atoms with van der Waals surface area (Å²) in [4.78, 5) is 15.2. The predicted octanol–water partition coefficient (Wildman–Crippen LogP) is 1.70. The number of Topliss-reactive ketones (excluding diaryl/α,β-unsaturated/α-hetero) is 1. The van der Waals surface area contributed by atoms with Crippen LogP contribution in [-0.2, 0) is 4.74 Å². The van der Waals surface area contributed by atoms with Crippen molar-refractivity contribution in [3.63, 3.8) is 0 Å². The Morgan fingerprint density at radius 3 is 2.93 bits per heavy atom. The zero-order valence-corrected chi connectivity index (χ0v) is 9.03. The summed E-state index contributed by atoms with van der Waals surface area (Å²) in [5.74, 6) is 0.367. The third-order valence-electron chi connectivity index (χ3n) is 1.88. The number of rotatable bonds is 6. The Balaban J connectivity index is 2.56. The lowest BCUT2D eigenvalue weighted by atomic mass is 10.2. The van der Waals surface area contributed by atoms with Gasteiger partial charge in [0.15, 0.2) is 5.78 Å². The van der Waals surface area contributed by atoms with Crippen molar-refractivity contribution in [1.82, 2.24) is 4.98 Å². The molecule has 4 nitrogen and oxygen atoms in total. The van der Waals surface area contributed by atoms with E-state index in [4.69, 9.17) is 9.47 Å². The van der Waals surface area contributed by atoms with E-state index in [1.54, 1.807) is 25.4 Å². The Morgan fingerprint density at radius 2 is 2.27 bits per heavy atom. The number of pyridine rings is 1. The first-order valence-electron chi connectivity index (χ1n) is 4.83. The second kappa shape index (κ2) is 6.14. The van der Waals surface area contributed by atoms with Gasteiger partial charge in [-0.2, -0.15) is 0 Å². The largest absolute Gasteiger partial charge is 0.477 e. The molecule has 0 radical (unpaired) electrons. The number of carbonyl (C=O) groups is 1. The smallest absolute Gasteiger partial charge is 0.224 e. The fourth-order valence-electron chi connectivity index (χ4n) is 1.15. The summed E-state index contributed by atoms with van der Waals surface area (Å²) in [7, 11) is 1.64. The molecule has 15 heavy (non-hydrogen) atoms. The van der Waals surface area contributed by atoms with Crippen molar-refractivity contribution in [3.05, 3.63) is 23.9 Å². The molecule has 0 saturated carbocycles. The number of hydrogen-bond donors (Lipinski definition) is 0. The van der Waals surface area contributed by atoms with Crippen molar-refractivity contribution < 1.29 is 14.3 Å². The van der Waals surface area contributed by atoms with Gasteiger partial charge in [-0.05, 0) is 19.1 Å². The molecule has 0 aromatic carbocycles. The van der Waals surface area contributed by atoms with E-state index in [2.05, 4.69) is 4.98 Å². The van der Waals surface area contributed by atoms with E-state index in [9.17, 15) is 4.79 Å². The molecule has 0 aliphatic rings. The van der Waals surface area contributed by atoms with E-state index in [0.717, 1.165) is 6.42 Å². The van der Waals surface area contributed by atoms with E-state index >= 15 is 0 Å². The van der Waals surface area contributed by atoms with Crippen LogP contribution < -0.4 is 4.74 Å². The Morgan fingerprint density at radius 1 is 1.47 bits per heavy atom. The lowest BCUT2D eigenvalue weighted by Crippen LogP contribution is -2.06. The first kappa shape index (κ1) is 11.7. The number of ether oxygens (including phenoxy) is 2. The van der Waals surface area contributed by atoms with Crippen LogP contribution >= 0.6 is 0 Å². The summed E-state index contributed by atoms with van der Waals surface area (Å²) in [6.45, 7) is 2.65. The molecule has 1 heterocycles. The highest BCUT2D eigenvalue weighted by molar-refractivity contribution is 5.96. The highest BCUT2D eigenvalue weighted by atomic mass is 16.5.